The third-order valence-corrected chi connectivity index (χ3v) is 3.00. The van der Waals surface area contributed by atoms with Crippen molar-refractivity contribution in [3.63, 3.8) is 0 Å². The Balaban J connectivity index is 1.91. The molecule has 1 heterocycles. The summed E-state index contributed by atoms with van der Waals surface area (Å²) in [6.07, 6.45) is 1.77. The molecule has 0 aliphatic heterocycles. The van der Waals surface area contributed by atoms with Gasteiger partial charge < -0.3 is 15.0 Å². The van der Waals surface area contributed by atoms with E-state index in [4.69, 9.17) is 10.5 Å². The van der Waals surface area contributed by atoms with E-state index < -0.39 is 0 Å². The number of hydrogen-bond acceptors (Lipinski definition) is 3. The molecule has 108 valence electrons. The molecule has 1 aromatic heterocycles. The molecule has 0 saturated heterocycles. The van der Waals surface area contributed by atoms with Crippen LogP contribution in [0.1, 0.15) is 11.1 Å². The van der Waals surface area contributed by atoms with Crippen LogP contribution in [0.15, 0.2) is 47.4 Å². The Morgan fingerprint density at radius 3 is 2.71 bits per heavy atom. The highest BCUT2D eigenvalue weighted by atomic mass is 16.5. The summed E-state index contributed by atoms with van der Waals surface area (Å²) in [6, 6.07) is 11.2. The van der Waals surface area contributed by atoms with Gasteiger partial charge in [-0.2, -0.15) is 0 Å². The molecule has 0 aliphatic rings. The van der Waals surface area contributed by atoms with E-state index in [0.717, 1.165) is 16.9 Å². The molecule has 0 spiro atoms. The lowest BCUT2D eigenvalue weighted by molar-refractivity contribution is 0.296. The Bertz CT molecular complexity index is 706. The van der Waals surface area contributed by atoms with E-state index in [1.807, 2.05) is 30.3 Å². The lowest BCUT2D eigenvalue weighted by Gasteiger charge is -2.08. The van der Waals surface area contributed by atoms with Gasteiger partial charge in [0.2, 0.25) is 0 Å². The van der Waals surface area contributed by atoms with Crippen LogP contribution in [-0.2, 0) is 6.54 Å². The Labute approximate surface area is 124 Å². The summed E-state index contributed by atoms with van der Waals surface area (Å²) in [7, 11) is 0. The normalized spacial score (nSPS) is 9.81. The molecule has 0 bridgehead atoms. The van der Waals surface area contributed by atoms with Gasteiger partial charge in [0.1, 0.15) is 12.4 Å². The monoisotopic (exact) mass is 282 g/mol. The van der Waals surface area contributed by atoms with Gasteiger partial charge in [0, 0.05) is 17.3 Å². The quantitative estimate of drug-likeness (QED) is 0.866. The third kappa shape index (κ3) is 4.23. The second kappa shape index (κ2) is 7.32. The van der Waals surface area contributed by atoms with Gasteiger partial charge in [-0.15, -0.1) is 0 Å². The molecule has 0 fully saturated rings. The lowest BCUT2D eigenvalue weighted by Crippen LogP contribution is -2.23. The first-order valence-corrected chi connectivity index (χ1v) is 6.78. The predicted octanol–water partition coefficient (Wildman–Crippen LogP) is 1.55. The van der Waals surface area contributed by atoms with Crippen LogP contribution in [-0.4, -0.2) is 17.7 Å². The molecule has 0 aliphatic carbocycles. The van der Waals surface area contributed by atoms with Crippen molar-refractivity contribution in [2.45, 2.75) is 13.5 Å². The van der Waals surface area contributed by atoms with Crippen molar-refractivity contribution in [1.29, 1.82) is 0 Å². The molecule has 21 heavy (non-hydrogen) atoms. The number of aryl methyl sites for hydroxylation is 1. The minimum absolute atomic E-state index is 0.0218. The minimum Gasteiger partial charge on any atom is -0.492 e. The molecular weight excluding hydrogens is 264 g/mol. The van der Waals surface area contributed by atoms with Crippen molar-refractivity contribution in [1.82, 2.24) is 4.57 Å². The van der Waals surface area contributed by atoms with Gasteiger partial charge in [0.25, 0.3) is 5.56 Å². The topological polar surface area (TPSA) is 57.2 Å². The number of benzene rings is 1. The second-order valence-electron chi connectivity index (χ2n) is 4.57. The van der Waals surface area contributed by atoms with E-state index in [1.54, 1.807) is 23.8 Å². The van der Waals surface area contributed by atoms with E-state index in [-0.39, 0.29) is 5.56 Å². The van der Waals surface area contributed by atoms with E-state index in [1.165, 1.54) is 0 Å². The van der Waals surface area contributed by atoms with Crippen molar-refractivity contribution in [2.75, 3.05) is 13.2 Å². The zero-order valence-electron chi connectivity index (χ0n) is 12.0. The van der Waals surface area contributed by atoms with E-state index in [0.29, 0.717) is 19.7 Å². The van der Waals surface area contributed by atoms with Gasteiger partial charge in [-0.05, 0) is 37.3 Å². The van der Waals surface area contributed by atoms with Gasteiger partial charge >= 0.3 is 0 Å². The highest BCUT2D eigenvalue weighted by Crippen LogP contribution is 2.11. The van der Waals surface area contributed by atoms with Crippen LogP contribution in [0.3, 0.4) is 0 Å². The van der Waals surface area contributed by atoms with Crippen LogP contribution < -0.4 is 16.0 Å². The summed E-state index contributed by atoms with van der Waals surface area (Å²) >= 11 is 0. The number of hydrogen-bond donors (Lipinski definition) is 1. The fourth-order valence-corrected chi connectivity index (χ4v) is 1.88. The molecule has 1 aromatic carbocycles. The maximum absolute atomic E-state index is 11.8. The maximum Gasteiger partial charge on any atom is 0.253 e. The van der Waals surface area contributed by atoms with Gasteiger partial charge in [-0.25, -0.2) is 0 Å². The predicted molar refractivity (Wildman–Crippen MR) is 83.3 cm³/mol. The Morgan fingerprint density at radius 1 is 1.24 bits per heavy atom. The van der Waals surface area contributed by atoms with E-state index in [2.05, 4.69) is 11.8 Å². The molecule has 0 unspecified atom stereocenters. The lowest BCUT2D eigenvalue weighted by atomic mass is 10.2. The van der Waals surface area contributed by atoms with Gasteiger partial charge in [0.15, 0.2) is 0 Å². The van der Waals surface area contributed by atoms with Crippen LogP contribution in [0.4, 0.5) is 0 Å². The van der Waals surface area contributed by atoms with Crippen LogP contribution in [0.2, 0.25) is 0 Å². The number of nitrogens with two attached hydrogens (primary N) is 1. The molecular formula is C17H18N2O2. The summed E-state index contributed by atoms with van der Waals surface area (Å²) in [5, 5.41) is 0. The van der Waals surface area contributed by atoms with Crippen LogP contribution >= 0.6 is 0 Å². The van der Waals surface area contributed by atoms with Crippen molar-refractivity contribution in [2.24, 2.45) is 5.73 Å². The van der Waals surface area contributed by atoms with Gasteiger partial charge in [0.05, 0.1) is 13.1 Å². The van der Waals surface area contributed by atoms with Crippen molar-refractivity contribution < 1.29 is 4.74 Å². The highest BCUT2D eigenvalue weighted by Gasteiger charge is 1.99. The molecule has 4 heteroatoms. The first-order valence-electron chi connectivity index (χ1n) is 6.78. The fourth-order valence-electron chi connectivity index (χ4n) is 1.88. The number of pyridine rings is 1. The SMILES string of the molecule is Cc1cccn(CCOc2ccc(C#CCN)cc2)c1=O. The molecule has 2 rings (SSSR count). The molecule has 2 N–H and O–H groups in total. The Morgan fingerprint density at radius 2 is 2.00 bits per heavy atom. The van der Waals surface area contributed by atoms with Crippen molar-refractivity contribution in [3.05, 3.63) is 64.1 Å². The second-order valence-corrected chi connectivity index (χ2v) is 4.57. The van der Waals surface area contributed by atoms with Crippen LogP contribution in [0, 0.1) is 18.8 Å². The summed E-state index contributed by atoms with van der Waals surface area (Å²) in [5.74, 6) is 6.51. The molecule has 4 nitrogen and oxygen atoms in total. The zero-order valence-corrected chi connectivity index (χ0v) is 12.0. The van der Waals surface area contributed by atoms with E-state index >= 15 is 0 Å². The first kappa shape index (κ1) is 14.9. The number of aromatic nitrogens is 1. The number of nitrogens with zero attached hydrogens (tertiary/aromatic N) is 1. The average Bonchev–Trinajstić information content (AvgIpc) is 2.51. The van der Waals surface area contributed by atoms with Crippen LogP contribution in [0.25, 0.3) is 0 Å². The van der Waals surface area contributed by atoms with Crippen LogP contribution in [0.5, 0.6) is 5.75 Å². The molecule has 0 radical (unpaired) electrons. The standard InChI is InChI=1S/C17H18N2O2/c1-14-4-3-11-19(17(14)20)12-13-21-16-8-6-15(7-9-16)5-2-10-18/h3-4,6-9,11H,10,12-13,18H2,1H3. The minimum atomic E-state index is 0.0218. The summed E-state index contributed by atoms with van der Waals surface area (Å²) < 4.78 is 7.28. The summed E-state index contributed by atoms with van der Waals surface area (Å²) in [5.41, 5.74) is 6.99. The average molecular weight is 282 g/mol. The third-order valence-electron chi connectivity index (χ3n) is 3.00. The van der Waals surface area contributed by atoms with Crippen molar-refractivity contribution in [3.8, 4) is 17.6 Å². The van der Waals surface area contributed by atoms with Crippen molar-refractivity contribution >= 4 is 0 Å². The highest BCUT2D eigenvalue weighted by molar-refractivity contribution is 5.38. The summed E-state index contributed by atoms with van der Waals surface area (Å²) in [4.78, 5) is 11.8. The van der Waals surface area contributed by atoms with E-state index in [9.17, 15) is 4.79 Å². The smallest absolute Gasteiger partial charge is 0.253 e. The van der Waals surface area contributed by atoms with Gasteiger partial charge in [-0.1, -0.05) is 17.9 Å². The van der Waals surface area contributed by atoms with Gasteiger partial charge in [-0.3, -0.25) is 4.79 Å². The molecule has 2 aromatic rings. The fraction of sp³-hybridized carbons (Fsp3) is 0.235. The Kier molecular flexibility index (Phi) is 5.19. The first-order chi connectivity index (χ1) is 10.2. The molecule has 0 atom stereocenters. The largest absolute Gasteiger partial charge is 0.492 e. The summed E-state index contributed by atoms with van der Waals surface area (Å²) in [6.45, 7) is 3.12. The number of ether oxygens (including phenoxy) is 1. The molecule has 0 saturated carbocycles. The molecule has 0 amide bonds. The zero-order chi connectivity index (χ0) is 15.1. The number of rotatable bonds is 4. The maximum atomic E-state index is 11.8. The Hall–Kier alpha value is -2.51.